The molecule has 0 saturated heterocycles. The van der Waals surface area contributed by atoms with Crippen LogP contribution in [0.2, 0.25) is 0 Å². The van der Waals surface area contributed by atoms with Gasteiger partial charge < -0.3 is 9.47 Å². The molecule has 1 aliphatic heterocycles. The number of amides is 1. The van der Waals surface area contributed by atoms with Crippen molar-refractivity contribution in [3.05, 3.63) is 60.2 Å². The molecule has 1 atom stereocenters. The van der Waals surface area contributed by atoms with Crippen molar-refractivity contribution >= 4 is 29.3 Å². The smallest absolute Gasteiger partial charge is 0.411 e. The number of carbonyl (C=O) groups is 2. The minimum Gasteiger partial charge on any atom is -0.448 e. The molecule has 0 spiro atoms. The van der Waals surface area contributed by atoms with E-state index in [2.05, 4.69) is 5.32 Å². The summed E-state index contributed by atoms with van der Waals surface area (Å²) in [6.07, 6.45) is -0.585. The van der Waals surface area contributed by atoms with Crippen LogP contribution in [0.1, 0.15) is 10.4 Å². The second kappa shape index (κ2) is 7.72. The summed E-state index contributed by atoms with van der Waals surface area (Å²) in [5, 5.41) is 2.65. The topological polar surface area (TPSA) is 64.6 Å². The number of ketones is 1. The molecule has 0 aliphatic carbocycles. The van der Waals surface area contributed by atoms with Gasteiger partial charge in [0.15, 0.2) is 5.78 Å². The van der Waals surface area contributed by atoms with Crippen molar-refractivity contribution < 1.29 is 19.1 Å². The number of fused-ring (bicyclic) bond motifs is 1. The predicted molar refractivity (Wildman–Crippen MR) is 97.2 cm³/mol. The number of anilines is 1. The average molecular weight is 357 g/mol. The van der Waals surface area contributed by atoms with Gasteiger partial charge in [-0.25, -0.2) is 4.79 Å². The fourth-order valence-corrected chi connectivity index (χ4v) is 3.98. The Balaban J connectivity index is 1.71. The largest absolute Gasteiger partial charge is 0.448 e. The molecule has 1 amide bonds. The van der Waals surface area contributed by atoms with Crippen molar-refractivity contribution in [3.8, 4) is 0 Å². The lowest BCUT2D eigenvalue weighted by molar-refractivity contribution is 0.0315. The molecule has 5 nitrogen and oxygen atoms in total. The highest BCUT2D eigenvalue weighted by Crippen LogP contribution is 2.40. The van der Waals surface area contributed by atoms with Crippen molar-refractivity contribution in [2.45, 2.75) is 4.90 Å². The van der Waals surface area contributed by atoms with Crippen molar-refractivity contribution in [1.29, 1.82) is 0 Å². The number of hydrogen-bond donors (Lipinski definition) is 1. The monoisotopic (exact) mass is 357 g/mol. The maximum atomic E-state index is 13.0. The van der Waals surface area contributed by atoms with E-state index in [9.17, 15) is 9.59 Å². The Kier molecular flexibility index (Phi) is 5.40. The third-order valence-corrected chi connectivity index (χ3v) is 5.40. The molecule has 0 bridgehead atoms. The van der Waals surface area contributed by atoms with Gasteiger partial charge in [0.25, 0.3) is 0 Å². The number of ether oxygens (including phenoxy) is 2. The van der Waals surface area contributed by atoms with E-state index >= 15 is 0 Å². The van der Waals surface area contributed by atoms with E-state index in [0.717, 1.165) is 4.90 Å². The first-order chi connectivity index (χ1) is 12.1. The van der Waals surface area contributed by atoms with Gasteiger partial charge in [-0.15, -0.1) is 11.8 Å². The minimum absolute atomic E-state index is 0.0281. The molecule has 1 unspecified atom stereocenters. The van der Waals surface area contributed by atoms with Crippen LogP contribution in [-0.2, 0) is 9.47 Å². The number of methoxy groups -OCH3 is 1. The number of para-hydroxylation sites is 1. The Morgan fingerprint density at radius 1 is 1.12 bits per heavy atom. The third kappa shape index (κ3) is 3.86. The number of hydrogen-bond acceptors (Lipinski definition) is 5. The van der Waals surface area contributed by atoms with Crippen molar-refractivity contribution in [2.24, 2.45) is 5.41 Å². The number of carbonyl (C=O) groups excluding carboxylic acids is 2. The number of thioether (sulfide) groups is 1. The molecule has 2 aromatic rings. The zero-order chi connectivity index (χ0) is 17.7. The highest BCUT2D eigenvalue weighted by atomic mass is 32.2. The Labute approximate surface area is 150 Å². The first kappa shape index (κ1) is 17.5. The van der Waals surface area contributed by atoms with E-state index in [0.29, 0.717) is 17.0 Å². The summed E-state index contributed by atoms with van der Waals surface area (Å²) in [4.78, 5) is 26.0. The van der Waals surface area contributed by atoms with Crippen LogP contribution in [0.3, 0.4) is 0 Å². The zero-order valence-corrected chi connectivity index (χ0v) is 14.7. The van der Waals surface area contributed by atoms with E-state index in [1.165, 1.54) is 0 Å². The first-order valence-corrected chi connectivity index (χ1v) is 8.88. The van der Waals surface area contributed by atoms with Crippen LogP contribution < -0.4 is 5.32 Å². The van der Waals surface area contributed by atoms with Gasteiger partial charge in [0.05, 0.1) is 6.61 Å². The molecule has 1 heterocycles. The second-order valence-corrected chi connectivity index (χ2v) is 6.91. The zero-order valence-electron chi connectivity index (χ0n) is 13.9. The summed E-state index contributed by atoms with van der Waals surface area (Å²) >= 11 is 1.58. The maximum Gasteiger partial charge on any atom is 0.411 e. The van der Waals surface area contributed by atoms with Crippen molar-refractivity contribution in [2.75, 3.05) is 31.4 Å². The molecule has 2 aromatic carbocycles. The van der Waals surface area contributed by atoms with Crippen LogP contribution in [0.4, 0.5) is 10.5 Å². The average Bonchev–Trinajstić information content (AvgIpc) is 2.64. The highest BCUT2D eigenvalue weighted by molar-refractivity contribution is 7.99. The minimum atomic E-state index is -0.873. The Morgan fingerprint density at radius 3 is 2.60 bits per heavy atom. The third-order valence-electron chi connectivity index (χ3n) is 4.04. The molecular weight excluding hydrogens is 338 g/mol. The Bertz CT molecular complexity index is 765. The lowest BCUT2D eigenvalue weighted by Crippen LogP contribution is -2.45. The standard InChI is InChI=1S/C19H19NO4S/c1-23-11-19(12-24-18(22)20-14-7-3-2-4-8-14)13-25-16-10-6-5-9-15(16)17(19)21/h2-10H,11-13H2,1H3,(H,20,22). The molecular formula is C19H19NO4S. The molecule has 1 N–H and O–H groups in total. The highest BCUT2D eigenvalue weighted by Gasteiger charge is 2.44. The van der Waals surface area contributed by atoms with Crippen LogP contribution >= 0.6 is 11.8 Å². The number of benzene rings is 2. The predicted octanol–water partition coefficient (Wildman–Crippen LogP) is 3.86. The molecule has 0 saturated carbocycles. The van der Waals surface area contributed by atoms with Gasteiger partial charge in [-0.2, -0.15) is 0 Å². The van der Waals surface area contributed by atoms with Gasteiger partial charge in [-0.05, 0) is 18.2 Å². The van der Waals surface area contributed by atoms with Gasteiger partial charge >= 0.3 is 6.09 Å². The molecule has 130 valence electrons. The molecule has 0 fully saturated rings. The Morgan fingerprint density at radius 2 is 1.84 bits per heavy atom. The number of rotatable bonds is 5. The maximum absolute atomic E-state index is 13.0. The van der Waals surface area contributed by atoms with E-state index in [4.69, 9.17) is 9.47 Å². The van der Waals surface area contributed by atoms with Crippen molar-refractivity contribution in [3.63, 3.8) is 0 Å². The summed E-state index contributed by atoms with van der Waals surface area (Å²) in [5.74, 6) is 0.464. The van der Waals surface area contributed by atoms with Gasteiger partial charge in [0, 0.05) is 29.0 Å². The number of nitrogens with one attached hydrogen (secondary N) is 1. The summed E-state index contributed by atoms with van der Waals surface area (Å²) in [5.41, 5.74) is 0.424. The van der Waals surface area contributed by atoms with Gasteiger partial charge in [-0.1, -0.05) is 36.4 Å². The summed E-state index contributed by atoms with van der Waals surface area (Å²) in [7, 11) is 1.55. The van der Waals surface area contributed by atoms with E-state index < -0.39 is 11.5 Å². The Hall–Kier alpha value is -2.31. The SMILES string of the molecule is COCC1(COC(=O)Nc2ccccc2)CSc2ccccc2C1=O. The molecule has 1 aliphatic rings. The lowest BCUT2D eigenvalue weighted by Gasteiger charge is -2.34. The van der Waals surface area contributed by atoms with Gasteiger partial charge in [0.1, 0.15) is 12.0 Å². The van der Waals surface area contributed by atoms with Crippen LogP contribution in [0.5, 0.6) is 0 Å². The molecule has 0 aromatic heterocycles. The van der Waals surface area contributed by atoms with Crippen molar-refractivity contribution in [1.82, 2.24) is 0 Å². The van der Waals surface area contributed by atoms with E-state index in [-0.39, 0.29) is 19.0 Å². The molecule has 6 heteroatoms. The first-order valence-electron chi connectivity index (χ1n) is 7.89. The fraction of sp³-hybridized carbons (Fsp3) is 0.263. The van der Waals surface area contributed by atoms with Crippen LogP contribution in [-0.4, -0.2) is 38.0 Å². The fourth-order valence-electron chi connectivity index (χ4n) is 2.76. The van der Waals surface area contributed by atoms with E-state index in [1.807, 2.05) is 36.4 Å². The van der Waals surface area contributed by atoms with Gasteiger partial charge in [0.2, 0.25) is 0 Å². The van der Waals surface area contributed by atoms with E-state index in [1.54, 1.807) is 37.1 Å². The molecule has 3 rings (SSSR count). The summed E-state index contributed by atoms with van der Waals surface area (Å²) in [6, 6.07) is 16.5. The molecule has 0 radical (unpaired) electrons. The quantitative estimate of drug-likeness (QED) is 0.880. The second-order valence-electron chi connectivity index (χ2n) is 5.89. The molecule has 25 heavy (non-hydrogen) atoms. The summed E-state index contributed by atoms with van der Waals surface area (Å²) in [6.45, 7) is 0.172. The van der Waals surface area contributed by atoms with Crippen LogP contribution in [0, 0.1) is 5.41 Å². The van der Waals surface area contributed by atoms with Crippen LogP contribution in [0.15, 0.2) is 59.5 Å². The number of Topliss-reactive ketones (excluding diaryl/α,β-unsaturated/α-hetero) is 1. The lowest BCUT2D eigenvalue weighted by atomic mass is 9.83. The van der Waals surface area contributed by atoms with Gasteiger partial charge in [-0.3, -0.25) is 10.1 Å². The van der Waals surface area contributed by atoms with Crippen LogP contribution in [0.25, 0.3) is 0 Å². The summed E-state index contributed by atoms with van der Waals surface area (Å²) < 4.78 is 10.6. The normalized spacial score (nSPS) is 19.2.